The molecule has 0 aliphatic carbocycles. The van der Waals surface area contributed by atoms with Crippen LogP contribution in [0, 0.1) is 11.8 Å². The molecule has 0 heterocycles. The van der Waals surface area contributed by atoms with E-state index in [0.717, 1.165) is 24.2 Å². The van der Waals surface area contributed by atoms with Crippen molar-refractivity contribution in [3.8, 4) is 23.0 Å². The van der Waals surface area contributed by atoms with E-state index in [1.54, 1.807) is 0 Å². The third kappa shape index (κ3) is 7.83. The van der Waals surface area contributed by atoms with Crippen LogP contribution in [0.2, 0.25) is 0 Å². The molecule has 1 heteroatoms. The molecule has 3 rings (SSSR count). The molecule has 0 saturated carbocycles. The zero-order valence-electron chi connectivity index (χ0n) is 20.5. The third-order valence-electron chi connectivity index (χ3n) is 6.15. The summed E-state index contributed by atoms with van der Waals surface area (Å²) in [7, 11) is 0. The van der Waals surface area contributed by atoms with E-state index in [2.05, 4.69) is 109 Å². The molecule has 0 N–H and O–H groups in total. The van der Waals surface area contributed by atoms with E-state index < -0.39 is 0 Å². The molecule has 33 heavy (non-hydrogen) atoms. The molecule has 0 aliphatic rings. The highest BCUT2D eigenvalue weighted by Gasteiger charge is 2.10. The summed E-state index contributed by atoms with van der Waals surface area (Å²) in [5.74, 6) is 7.03. The van der Waals surface area contributed by atoms with Crippen LogP contribution in [-0.4, -0.2) is 13.1 Å². The zero-order valence-corrected chi connectivity index (χ0v) is 20.5. The number of hydrogen-bond donors (Lipinski definition) is 0. The van der Waals surface area contributed by atoms with Crippen LogP contribution >= 0.6 is 0 Å². The van der Waals surface area contributed by atoms with Crippen molar-refractivity contribution in [2.45, 2.75) is 65.2 Å². The van der Waals surface area contributed by atoms with Gasteiger partial charge in [0.1, 0.15) is 0 Å². The summed E-state index contributed by atoms with van der Waals surface area (Å²) in [5.41, 5.74) is 5.90. The second-order valence-corrected chi connectivity index (χ2v) is 8.79. The minimum atomic E-state index is 1.08. The van der Waals surface area contributed by atoms with Crippen LogP contribution in [0.3, 0.4) is 0 Å². The Morgan fingerprint density at radius 2 is 1.09 bits per heavy atom. The number of rotatable bonds is 12. The molecular weight excluding hydrogens is 398 g/mol. The summed E-state index contributed by atoms with van der Waals surface area (Å²) in [6.45, 7) is 6.79. The van der Waals surface area contributed by atoms with E-state index in [4.69, 9.17) is 0 Å². The van der Waals surface area contributed by atoms with Crippen LogP contribution in [0.5, 0.6) is 0 Å². The Bertz CT molecular complexity index is 997. The largest absolute Gasteiger partial charge is 0.371 e. The van der Waals surface area contributed by atoms with Gasteiger partial charge in [-0.25, -0.2) is 0 Å². The van der Waals surface area contributed by atoms with Crippen molar-refractivity contribution in [1.29, 1.82) is 0 Å². The standard InChI is InChI=1S/C32H39N/c1-3-5-7-16-26-33(27-17-8-6-4-2)32-23-15-13-21-30(32)25-24-29-20-12-14-22-31(29)28-18-10-9-11-19-28/h9-15,18-23H,3-8,16-17,26-27H2,1-2H3. The zero-order chi connectivity index (χ0) is 23.1. The van der Waals surface area contributed by atoms with Gasteiger partial charge in [0.25, 0.3) is 0 Å². The Kier molecular flexibility index (Phi) is 10.6. The first kappa shape index (κ1) is 24.7. The Balaban J connectivity index is 1.85. The lowest BCUT2D eigenvalue weighted by Gasteiger charge is -2.26. The smallest absolute Gasteiger partial charge is 0.0525 e. The van der Waals surface area contributed by atoms with Gasteiger partial charge in [-0.2, -0.15) is 0 Å². The number of para-hydroxylation sites is 1. The quantitative estimate of drug-likeness (QED) is 0.202. The van der Waals surface area contributed by atoms with Crippen LogP contribution < -0.4 is 4.90 Å². The Morgan fingerprint density at radius 3 is 1.76 bits per heavy atom. The normalized spacial score (nSPS) is 10.5. The van der Waals surface area contributed by atoms with Crippen LogP contribution in [-0.2, 0) is 0 Å². The molecule has 0 bridgehead atoms. The number of unbranched alkanes of at least 4 members (excludes halogenated alkanes) is 6. The van der Waals surface area contributed by atoms with Gasteiger partial charge in [-0.15, -0.1) is 0 Å². The lowest BCUT2D eigenvalue weighted by molar-refractivity contribution is 0.608. The second-order valence-electron chi connectivity index (χ2n) is 8.79. The maximum atomic E-state index is 3.53. The third-order valence-corrected chi connectivity index (χ3v) is 6.15. The Labute approximate surface area is 201 Å². The molecule has 0 fully saturated rings. The highest BCUT2D eigenvalue weighted by atomic mass is 15.1. The summed E-state index contributed by atoms with van der Waals surface area (Å²) in [5, 5.41) is 0. The summed E-state index contributed by atoms with van der Waals surface area (Å²) in [6.07, 6.45) is 10.3. The first-order valence-electron chi connectivity index (χ1n) is 12.8. The molecule has 3 aromatic rings. The fraction of sp³-hybridized carbons (Fsp3) is 0.375. The van der Waals surface area contributed by atoms with E-state index >= 15 is 0 Å². The minimum Gasteiger partial charge on any atom is -0.371 e. The van der Waals surface area contributed by atoms with Crippen molar-refractivity contribution in [3.05, 3.63) is 90.0 Å². The molecule has 0 atom stereocenters. The van der Waals surface area contributed by atoms with Gasteiger partial charge in [0.15, 0.2) is 0 Å². The summed E-state index contributed by atoms with van der Waals surface area (Å²) in [4.78, 5) is 2.58. The molecule has 0 aromatic heterocycles. The topological polar surface area (TPSA) is 3.24 Å². The first-order chi connectivity index (χ1) is 16.3. The fourth-order valence-electron chi connectivity index (χ4n) is 4.26. The minimum absolute atomic E-state index is 1.08. The van der Waals surface area contributed by atoms with Gasteiger partial charge < -0.3 is 4.90 Å². The van der Waals surface area contributed by atoms with E-state index in [1.807, 2.05) is 0 Å². The Hall–Kier alpha value is -2.98. The van der Waals surface area contributed by atoms with Gasteiger partial charge in [-0.05, 0) is 42.2 Å². The monoisotopic (exact) mass is 437 g/mol. The first-order valence-corrected chi connectivity index (χ1v) is 12.8. The van der Waals surface area contributed by atoms with Gasteiger partial charge in [0.05, 0.1) is 5.69 Å². The van der Waals surface area contributed by atoms with Crippen molar-refractivity contribution in [2.24, 2.45) is 0 Å². The Morgan fingerprint density at radius 1 is 0.545 bits per heavy atom. The highest BCUT2D eigenvalue weighted by molar-refractivity contribution is 5.72. The van der Waals surface area contributed by atoms with Crippen LogP contribution in [0.25, 0.3) is 11.1 Å². The van der Waals surface area contributed by atoms with E-state index in [1.165, 1.54) is 68.2 Å². The fourth-order valence-corrected chi connectivity index (χ4v) is 4.26. The van der Waals surface area contributed by atoms with Crippen LogP contribution in [0.15, 0.2) is 78.9 Å². The van der Waals surface area contributed by atoms with Gasteiger partial charge >= 0.3 is 0 Å². The lowest BCUT2D eigenvalue weighted by atomic mass is 9.99. The van der Waals surface area contributed by atoms with Gasteiger partial charge in [0, 0.05) is 24.2 Å². The highest BCUT2D eigenvalue weighted by Crippen LogP contribution is 2.24. The maximum absolute atomic E-state index is 3.53. The lowest BCUT2D eigenvalue weighted by Crippen LogP contribution is -2.26. The van der Waals surface area contributed by atoms with E-state index in [-0.39, 0.29) is 0 Å². The number of hydrogen-bond acceptors (Lipinski definition) is 1. The van der Waals surface area contributed by atoms with Crippen molar-refractivity contribution in [3.63, 3.8) is 0 Å². The SMILES string of the molecule is CCCCCCN(CCCCCC)c1ccccc1C#Cc1ccccc1-c1ccccc1. The van der Waals surface area contributed by atoms with E-state index in [0.29, 0.717) is 0 Å². The van der Waals surface area contributed by atoms with Crippen molar-refractivity contribution in [1.82, 2.24) is 0 Å². The molecule has 0 radical (unpaired) electrons. The number of benzene rings is 3. The van der Waals surface area contributed by atoms with Gasteiger partial charge in [-0.1, -0.05) is 125 Å². The average molecular weight is 438 g/mol. The molecule has 0 aliphatic heterocycles. The predicted octanol–water partition coefficient (Wildman–Crippen LogP) is 8.72. The van der Waals surface area contributed by atoms with Gasteiger partial charge in [-0.3, -0.25) is 0 Å². The van der Waals surface area contributed by atoms with Crippen molar-refractivity contribution in [2.75, 3.05) is 18.0 Å². The number of anilines is 1. The summed E-state index contributed by atoms with van der Waals surface area (Å²) < 4.78 is 0. The molecule has 3 aromatic carbocycles. The van der Waals surface area contributed by atoms with Crippen molar-refractivity contribution >= 4 is 5.69 Å². The van der Waals surface area contributed by atoms with Gasteiger partial charge in [0.2, 0.25) is 0 Å². The molecule has 0 unspecified atom stereocenters. The molecule has 0 spiro atoms. The molecule has 0 saturated heterocycles. The molecule has 0 amide bonds. The average Bonchev–Trinajstić information content (AvgIpc) is 2.87. The summed E-state index contributed by atoms with van der Waals surface area (Å²) >= 11 is 0. The molecular formula is C32H39N. The predicted molar refractivity (Wildman–Crippen MR) is 145 cm³/mol. The second kappa shape index (κ2) is 14.2. The van der Waals surface area contributed by atoms with Crippen molar-refractivity contribution < 1.29 is 0 Å². The molecule has 172 valence electrons. The van der Waals surface area contributed by atoms with Crippen LogP contribution in [0.4, 0.5) is 5.69 Å². The maximum Gasteiger partial charge on any atom is 0.0525 e. The summed E-state index contributed by atoms with van der Waals surface area (Å²) in [6, 6.07) is 27.7. The number of nitrogens with zero attached hydrogens (tertiary/aromatic N) is 1. The molecule has 1 nitrogen and oxygen atoms in total. The van der Waals surface area contributed by atoms with Crippen LogP contribution in [0.1, 0.15) is 76.3 Å². The van der Waals surface area contributed by atoms with E-state index in [9.17, 15) is 0 Å².